The summed E-state index contributed by atoms with van der Waals surface area (Å²) in [5.41, 5.74) is 0.313. The fraction of sp³-hybridized carbons (Fsp3) is 0.385. The third-order valence-electron chi connectivity index (χ3n) is 2.82. The molecule has 0 aliphatic carbocycles. The monoisotopic (exact) mass is 304 g/mol. The summed E-state index contributed by atoms with van der Waals surface area (Å²) in [6.07, 6.45) is -7.44. The van der Waals surface area contributed by atoms with E-state index in [0.717, 1.165) is 0 Å². The van der Waals surface area contributed by atoms with E-state index in [9.17, 15) is 22.8 Å². The Labute approximate surface area is 119 Å². The molecule has 0 heterocycles. The summed E-state index contributed by atoms with van der Waals surface area (Å²) in [7, 11) is 1.44. The lowest BCUT2D eigenvalue weighted by atomic mass is 10.1. The number of hydrogen-bond donors (Lipinski definition) is 2. The average Bonchev–Trinajstić information content (AvgIpc) is 2.42. The number of halogens is 3. The smallest absolute Gasteiger partial charge is 0.382 e. The molecule has 0 bridgehead atoms. The second-order valence-corrected chi connectivity index (χ2v) is 4.36. The van der Waals surface area contributed by atoms with Gasteiger partial charge in [-0.25, -0.2) is 0 Å². The Balaban J connectivity index is 2.86. The Morgan fingerprint density at radius 2 is 1.90 bits per heavy atom. The highest BCUT2D eigenvalue weighted by Crippen LogP contribution is 2.21. The van der Waals surface area contributed by atoms with Crippen LogP contribution >= 0.6 is 0 Å². The molecule has 1 rings (SSSR count). The first kappa shape index (κ1) is 17.0. The predicted octanol–water partition coefficient (Wildman–Crippen LogP) is 1.32. The highest BCUT2D eigenvalue weighted by molar-refractivity contribution is 6.04. The molecule has 21 heavy (non-hydrogen) atoms. The van der Waals surface area contributed by atoms with Gasteiger partial charge in [0.1, 0.15) is 0 Å². The first-order valence-corrected chi connectivity index (χ1v) is 6.01. The van der Waals surface area contributed by atoms with Crippen LogP contribution < -0.4 is 10.2 Å². The fourth-order valence-corrected chi connectivity index (χ4v) is 1.53. The number of alkyl halides is 3. The minimum Gasteiger partial charge on any atom is -0.382 e. The Morgan fingerprint density at radius 3 is 2.43 bits per heavy atom. The zero-order valence-corrected chi connectivity index (χ0v) is 11.4. The molecule has 0 fully saturated rings. The second kappa shape index (κ2) is 6.57. The van der Waals surface area contributed by atoms with Crippen molar-refractivity contribution in [2.75, 3.05) is 18.5 Å². The number of nitrogens with one attached hydrogen (secondary N) is 1. The van der Waals surface area contributed by atoms with Crippen LogP contribution in [0.25, 0.3) is 0 Å². The van der Waals surface area contributed by atoms with Gasteiger partial charge in [0.05, 0.1) is 17.8 Å². The molecular formula is C13H15F3N2O3. The summed E-state index contributed by atoms with van der Waals surface area (Å²) in [5.74, 6) is -1.13. The van der Waals surface area contributed by atoms with Crippen LogP contribution in [0, 0.1) is 0 Å². The molecule has 2 N–H and O–H groups in total. The highest BCUT2D eigenvalue weighted by atomic mass is 19.4. The molecule has 0 aliphatic heterocycles. The maximum atomic E-state index is 12.2. The number of hydrogen-bond acceptors (Lipinski definition) is 3. The molecule has 1 unspecified atom stereocenters. The van der Waals surface area contributed by atoms with Crippen LogP contribution in [0.5, 0.6) is 0 Å². The van der Waals surface area contributed by atoms with Crippen LogP contribution in [0.2, 0.25) is 0 Å². The van der Waals surface area contributed by atoms with Crippen molar-refractivity contribution >= 4 is 17.5 Å². The molecule has 5 nitrogen and oxygen atoms in total. The zero-order chi connectivity index (χ0) is 16.2. The SMILES string of the molecule is CC(=O)N(C)c1ccccc1C(=O)NCC(O)C(F)(F)F. The molecule has 0 aliphatic rings. The molecule has 116 valence electrons. The Kier molecular flexibility index (Phi) is 5.31. The van der Waals surface area contributed by atoms with Gasteiger partial charge in [-0.1, -0.05) is 12.1 Å². The van der Waals surface area contributed by atoms with Gasteiger partial charge < -0.3 is 15.3 Å². The molecule has 2 amide bonds. The summed E-state index contributed by atoms with van der Waals surface area (Å²) >= 11 is 0. The third-order valence-corrected chi connectivity index (χ3v) is 2.82. The van der Waals surface area contributed by atoms with Gasteiger partial charge in [-0.05, 0) is 12.1 Å². The minimum atomic E-state index is -4.80. The van der Waals surface area contributed by atoms with Gasteiger partial charge in [0, 0.05) is 14.0 Å². The maximum absolute atomic E-state index is 12.2. The molecule has 8 heteroatoms. The van der Waals surface area contributed by atoms with E-state index < -0.39 is 24.7 Å². The van der Waals surface area contributed by atoms with Crippen molar-refractivity contribution < 1.29 is 27.9 Å². The van der Waals surface area contributed by atoms with Crippen molar-refractivity contribution in [2.45, 2.75) is 19.2 Å². The van der Waals surface area contributed by atoms with Gasteiger partial charge >= 0.3 is 6.18 Å². The maximum Gasteiger partial charge on any atom is 0.416 e. The van der Waals surface area contributed by atoms with Crippen LogP contribution in [0.15, 0.2) is 24.3 Å². The number of aliphatic hydroxyl groups is 1. The molecule has 1 aromatic rings. The van der Waals surface area contributed by atoms with Crippen molar-refractivity contribution in [3.63, 3.8) is 0 Å². The van der Waals surface area contributed by atoms with Crippen molar-refractivity contribution in [3.05, 3.63) is 29.8 Å². The van der Waals surface area contributed by atoms with E-state index in [2.05, 4.69) is 0 Å². The third kappa shape index (κ3) is 4.45. The summed E-state index contributed by atoms with van der Waals surface area (Å²) in [5, 5.41) is 10.8. The van der Waals surface area contributed by atoms with Crippen molar-refractivity contribution in [1.82, 2.24) is 5.32 Å². The van der Waals surface area contributed by atoms with Crippen LogP contribution in [-0.4, -0.2) is 42.8 Å². The molecule has 0 saturated heterocycles. The first-order chi connectivity index (χ1) is 9.64. The standard InChI is InChI=1S/C13H15F3N2O3/c1-8(19)18(2)10-6-4-3-5-9(10)12(21)17-7-11(20)13(14,15)16/h3-6,11,20H,7H2,1-2H3,(H,17,21). The molecule has 1 aromatic carbocycles. The number of amides is 2. The molecule has 0 saturated carbocycles. The summed E-state index contributed by atoms with van der Waals surface area (Å²) in [4.78, 5) is 24.4. The van der Waals surface area contributed by atoms with Crippen molar-refractivity contribution in [1.29, 1.82) is 0 Å². The van der Waals surface area contributed by atoms with Gasteiger partial charge in [-0.2, -0.15) is 13.2 Å². The number of benzene rings is 1. The molecule has 0 aromatic heterocycles. The number of carbonyl (C=O) groups excluding carboxylic acids is 2. The summed E-state index contributed by atoms with van der Waals surface area (Å²) in [6, 6.07) is 5.99. The summed E-state index contributed by atoms with van der Waals surface area (Å²) < 4.78 is 36.5. The van der Waals surface area contributed by atoms with Crippen molar-refractivity contribution in [2.24, 2.45) is 0 Å². The predicted molar refractivity (Wildman–Crippen MR) is 69.9 cm³/mol. The average molecular weight is 304 g/mol. The van der Waals surface area contributed by atoms with Crippen LogP contribution in [0.3, 0.4) is 0 Å². The lowest BCUT2D eigenvalue weighted by Crippen LogP contribution is -2.41. The number of aliphatic hydroxyl groups excluding tert-OH is 1. The number of anilines is 1. The Morgan fingerprint density at radius 1 is 1.33 bits per heavy atom. The van der Waals surface area contributed by atoms with Crippen LogP contribution in [0.4, 0.5) is 18.9 Å². The Hall–Kier alpha value is -2.09. The number of para-hydroxylation sites is 1. The van der Waals surface area contributed by atoms with E-state index in [1.54, 1.807) is 6.07 Å². The van der Waals surface area contributed by atoms with E-state index >= 15 is 0 Å². The fourth-order valence-electron chi connectivity index (χ4n) is 1.53. The Bertz CT molecular complexity index is 532. The molecular weight excluding hydrogens is 289 g/mol. The summed E-state index contributed by atoms with van der Waals surface area (Å²) in [6.45, 7) is 0.336. The number of rotatable bonds is 4. The van der Waals surface area contributed by atoms with Gasteiger partial charge in [0.25, 0.3) is 5.91 Å². The molecule has 1 atom stereocenters. The minimum absolute atomic E-state index is 0.0459. The lowest BCUT2D eigenvalue weighted by molar-refractivity contribution is -0.201. The van der Waals surface area contributed by atoms with E-state index in [1.165, 1.54) is 37.1 Å². The van der Waals surface area contributed by atoms with Gasteiger partial charge in [-0.3, -0.25) is 9.59 Å². The van der Waals surface area contributed by atoms with E-state index in [-0.39, 0.29) is 17.2 Å². The van der Waals surface area contributed by atoms with Gasteiger partial charge in [0.15, 0.2) is 6.10 Å². The van der Waals surface area contributed by atoms with E-state index in [0.29, 0.717) is 0 Å². The molecule has 0 spiro atoms. The molecule has 0 radical (unpaired) electrons. The number of nitrogens with zero attached hydrogens (tertiary/aromatic N) is 1. The van der Waals surface area contributed by atoms with Crippen molar-refractivity contribution in [3.8, 4) is 0 Å². The lowest BCUT2D eigenvalue weighted by Gasteiger charge is -2.19. The number of carbonyl (C=O) groups is 2. The normalized spacial score (nSPS) is 12.7. The highest BCUT2D eigenvalue weighted by Gasteiger charge is 2.38. The zero-order valence-electron chi connectivity index (χ0n) is 11.4. The largest absolute Gasteiger partial charge is 0.416 e. The first-order valence-electron chi connectivity index (χ1n) is 6.01. The topological polar surface area (TPSA) is 69.6 Å². The van der Waals surface area contributed by atoms with Gasteiger partial charge in [0.2, 0.25) is 5.91 Å². The van der Waals surface area contributed by atoms with Crippen LogP contribution in [-0.2, 0) is 4.79 Å². The van der Waals surface area contributed by atoms with Crippen LogP contribution in [0.1, 0.15) is 17.3 Å². The quantitative estimate of drug-likeness (QED) is 0.881. The van der Waals surface area contributed by atoms with E-state index in [1.807, 2.05) is 5.32 Å². The second-order valence-electron chi connectivity index (χ2n) is 4.36. The van der Waals surface area contributed by atoms with E-state index in [4.69, 9.17) is 5.11 Å². The van der Waals surface area contributed by atoms with Gasteiger partial charge in [-0.15, -0.1) is 0 Å².